The molecule has 158 valence electrons. The summed E-state index contributed by atoms with van der Waals surface area (Å²) in [6.45, 7) is 3.55. The number of Topliss-reactive ketones (excluding diaryl/α,β-unsaturated/α-hetero) is 1. The van der Waals surface area contributed by atoms with Gasteiger partial charge in [0.05, 0.1) is 10.9 Å². The lowest BCUT2D eigenvalue weighted by atomic mass is 9.91. The van der Waals surface area contributed by atoms with Crippen molar-refractivity contribution in [3.8, 4) is 11.5 Å². The van der Waals surface area contributed by atoms with Crippen molar-refractivity contribution < 1.29 is 31.9 Å². The third-order valence-electron chi connectivity index (χ3n) is 5.05. The summed E-state index contributed by atoms with van der Waals surface area (Å²) in [4.78, 5) is 25.0. The van der Waals surface area contributed by atoms with Gasteiger partial charge in [0.2, 0.25) is 0 Å². The molecule has 0 N–H and O–H groups in total. The second-order valence-corrected chi connectivity index (χ2v) is 7.38. The number of benzene rings is 1. The predicted octanol–water partition coefficient (Wildman–Crippen LogP) is 4.99. The van der Waals surface area contributed by atoms with Crippen LogP contribution in [0.15, 0.2) is 33.5 Å². The van der Waals surface area contributed by atoms with Gasteiger partial charge in [-0.25, -0.2) is 4.79 Å². The van der Waals surface area contributed by atoms with Gasteiger partial charge in [-0.3, -0.25) is 4.79 Å². The number of carbonyl (C=O) groups excluding carboxylic acids is 1. The Morgan fingerprint density at radius 3 is 2.67 bits per heavy atom. The van der Waals surface area contributed by atoms with Gasteiger partial charge in [-0.15, -0.1) is 0 Å². The minimum atomic E-state index is -4.40. The molecule has 0 radical (unpaired) electrons. The maximum atomic E-state index is 12.9. The molecule has 0 bridgehead atoms. The van der Waals surface area contributed by atoms with Crippen LogP contribution in [0, 0.1) is 0 Å². The summed E-state index contributed by atoms with van der Waals surface area (Å²) in [6, 6.07) is 1.03. The molecule has 0 fully saturated rings. The lowest BCUT2D eigenvalue weighted by molar-refractivity contribution is -0.133. The summed E-state index contributed by atoms with van der Waals surface area (Å²) in [6.07, 6.45) is 0.304. The highest BCUT2D eigenvalue weighted by Gasteiger charge is 2.35. The molecule has 1 aromatic carbocycles. The van der Waals surface area contributed by atoms with Crippen molar-refractivity contribution in [3.05, 3.63) is 51.4 Å². The van der Waals surface area contributed by atoms with E-state index in [1.54, 1.807) is 31.2 Å². The van der Waals surface area contributed by atoms with Crippen molar-refractivity contribution in [2.45, 2.75) is 51.5 Å². The largest absolute Gasteiger partial charge is 0.489 e. The van der Waals surface area contributed by atoms with Gasteiger partial charge in [0, 0.05) is 18.9 Å². The van der Waals surface area contributed by atoms with Crippen molar-refractivity contribution in [1.82, 2.24) is 0 Å². The standard InChI is InChI=1S/C22H19F3O5/c1-3-4-13-5-6-14-19(29-13)17-12(7-8-22(23,24)25)10-16(27)30-21(17)18-15(26)9-11(2)28-20(14)18/h3-6,10-11,13H,7-9H2,1-2H3. The molecule has 2 aliphatic rings. The van der Waals surface area contributed by atoms with Crippen LogP contribution in [0.1, 0.15) is 48.2 Å². The Bertz CT molecular complexity index is 1140. The average Bonchev–Trinajstić information content (AvgIpc) is 2.65. The minimum absolute atomic E-state index is 0.0726. The number of allylic oxidation sites excluding steroid dienone is 1. The Balaban J connectivity index is 2.04. The van der Waals surface area contributed by atoms with Crippen LogP contribution in [-0.2, 0) is 6.42 Å². The summed E-state index contributed by atoms with van der Waals surface area (Å²) >= 11 is 0. The molecule has 0 aliphatic carbocycles. The molecule has 4 rings (SSSR count). The van der Waals surface area contributed by atoms with Gasteiger partial charge in [-0.05, 0) is 44.1 Å². The lowest BCUT2D eigenvalue weighted by Gasteiger charge is -2.29. The molecule has 2 aromatic rings. The number of fused-ring (bicyclic) bond motifs is 6. The van der Waals surface area contributed by atoms with Gasteiger partial charge in [0.25, 0.3) is 0 Å². The van der Waals surface area contributed by atoms with E-state index in [1.165, 1.54) is 0 Å². The van der Waals surface area contributed by atoms with Crippen LogP contribution in [0.25, 0.3) is 17.0 Å². The van der Waals surface area contributed by atoms with Crippen molar-refractivity contribution in [2.24, 2.45) is 0 Å². The fourth-order valence-corrected chi connectivity index (χ4v) is 3.83. The van der Waals surface area contributed by atoms with E-state index in [0.717, 1.165) is 6.07 Å². The first-order chi connectivity index (χ1) is 14.2. The van der Waals surface area contributed by atoms with E-state index in [-0.39, 0.29) is 45.8 Å². The average molecular weight is 420 g/mol. The van der Waals surface area contributed by atoms with Gasteiger partial charge in [-0.2, -0.15) is 13.2 Å². The van der Waals surface area contributed by atoms with E-state index in [4.69, 9.17) is 13.9 Å². The van der Waals surface area contributed by atoms with E-state index in [9.17, 15) is 22.8 Å². The van der Waals surface area contributed by atoms with Gasteiger partial charge in [-0.1, -0.05) is 6.08 Å². The van der Waals surface area contributed by atoms with E-state index in [1.807, 2.05) is 6.92 Å². The summed E-state index contributed by atoms with van der Waals surface area (Å²) in [7, 11) is 0. The van der Waals surface area contributed by atoms with Gasteiger partial charge >= 0.3 is 11.8 Å². The normalized spacial score (nSPS) is 20.8. The summed E-state index contributed by atoms with van der Waals surface area (Å²) in [5.41, 5.74) is -0.256. The molecule has 0 amide bonds. The maximum Gasteiger partial charge on any atom is 0.389 e. The highest BCUT2D eigenvalue weighted by molar-refractivity contribution is 6.13. The van der Waals surface area contributed by atoms with Crippen molar-refractivity contribution in [1.29, 1.82) is 0 Å². The van der Waals surface area contributed by atoms with E-state index in [2.05, 4.69) is 0 Å². The lowest BCUT2D eigenvalue weighted by Crippen LogP contribution is -2.26. The first-order valence-electron chi connectivity index (χ1n) is 9.59. The van der Waals surface area contributed by atoms with Gasteiger partial charge in [0.1, 0.15) is 29.3 Å². The highest BCUT2D eigenvalue weighted by Crippen LogP contribution is 2.47. The molecular weight excluding hydrogens is 401 g/mol. The Morgan fingerprint density at radius 1 is 1.20 bits per heavy atom. The zero-order chi connectivity index (χ0) is 21.6. The topological polar surface area (TPSA) is 65.7 Å². The highest BCUT2D eigenvalue weighted by atomic mass is 19.4. The van der Waals surface area contributed by atoms with Crippen LogP contribution in [0.4, 0.5) is 13.2 Å². The molecule has 2 aliphatic heterocycles. The van der Waals surface area contributed by atoms with Crippen LogP contribution < -0.4 is 15.1 Å². The smallest absolute Gasteiger partial charge is 0.389 e. The zero-order valence-electron chi connectivity index (χ0n) is 16.3. The number of alkyl halides is 3. The molecule has 0 saturated carbocycles. The number of hydrogen-bond donors (Lipinski definition) is 0. The zero-order valence-corrected chi connectivity index (χ0v) is 16.3. The van der Waals surface area contributed by atoms with Crippen molar-refractivity contribution in [3.63, 3.8) is 0 Å². The van der Waals surface area contributed by atoms with E-state index >= 15 is 0 Å². The second kappa shape index (κ2) is 7.34. The van der Waals surface area contributed by atoms with E-state index in [0.29, 0.717) is 5.56 Å². The van der Waals surface area contributed by atoms with Crippen LogP contribution >= 0.6 is 0 Å². The monoisotopic (exact) mass is 420 g/mol. The van der Waals surface area contributed by atoms with Crippen molar-refractivity contribution in [2.75, 3.05) is 0 Å². The maximum absolute atomic E-state index is 12.9. The molecule has 0 saturated heterocycles. The number of carbonyl (C=O) groups is 1. The van der Waals surface area contributed by atoms with Crippen LogP contribution in [0.3, 0.4) is 0 Å². The fraction of sp³-hybridized carbons (Fsp3) is 0.364. The quantitative estimate of drug-likeness (QED) is 0.517. The molecule has 0 spiro atoms. The van der Waals surface area contributed by atoms with Crippen molar-refractivity contribution >= 4 is 22.8 Å². The summed E-state index contributed by atoms with van der Waals surface area (Å²) in [5, 5.41) is 0.206. The molecule has 3 heterocycles. The summed E-state index contributed by atoms with van der Waals surface area (Å²) in [5.74, 6) is 0.182. The third-order valence-corrected chi connectivity index (χ3v) is 5.05. The first kappa shape index (κ1) is 20.3. The number of ketones is 1. The second-order valence-electron chi connectivity index (χ2n) is 7.38. The molecule has 2 atom stereocenters. The first-order valence-corrected chi connectivity index (χ1v) is 9.59. The number of hydrogen-bond acceptors (Lipinski definition) is 5. The molecular formula is C22H19F3O5. The Morgan fingerprint density at radius 2 is 1.97 bits per heavy atom. The summed E-state index contributed by atoms with van der Waals surface area (Å²) < 4.78 is 55.9. The number of halogens is 3. The fourth-order valence-electron chi connectivity index (χ4n) is 3.83. The SMILES string of the molecule is CC=CC1C=Cc2c3c(c4oc(=O)cc(CCC(F)(F)F)c4c2O1)C(=O)CC(C)O3. The van der Waals surface area contributed by atoms with Crippen LogP contribution in [0.2, 0.25) is 0 Å². The predicted molar refractivity (Wildman–Crippen MR) is 104 cm³/mol. The molecule has 5 nitrogen and oxygen atoms in total. The molecule has 2 unspecified atom stereocenters. The Hall–Kier alpha value is -3.03. The molecule has 1 aromatic heterocycles. The van der Waals surface area contributed by atoms with Gasteiger partial charge < -0.3 is 13.9 Å². The third kappa shape index (κ3) is 3.62. The number of ether oxygens (including phenoxy) is 2. The number of rotatable bonds is 3. The number of aryl methyl sites for hydroxylation is 1. The van der Waals surface area contributed by atoms with Crippen LogP contribution in [0.5, 0.6) is 11.5 Å². The Kier molecular flexibility index (Phi) is 4.95. The van der Waals surface area contributed by atoms with E-state index < -0.39 is 36.9 Å². The Labute approximate surface area is 169 Å². The molecule has 30 heavy (non-hydrogen) atoms. The minimum Gasteiger partial charge on any atom is -0.489 e. The van der Waals surface area contributed by atoms with Crippen LogP contribution in [-0.4, -0.2) is 24.2 Å². The molecule has 8 heteroatoms. The van der Waals surface area contributed by atoms with Gasteiger partial charge in [0.15, 0.2) is 11.4 Å².